The number of halogens is 1. The van der Waals surface area contributed by atoms with Crippen LogP contribution in [0.25, 0.3) is 6.08 Å². The second-order valence-electron chi connectivity index (χ2n) is 5.73. The molecule has 0 spiro atoms. The molecule has 1 heterocycles. The van der Waals surface area contributed by atoms with Gasteiger partial charge in [0.15, 0.2) is 5.76 Å². The van der Waals surface area contributed by atoms with E-state index in [0.717, 1.165) is 10.0 Å². The lowest BCUT2D eigenvalue weighted by Crippen LogP contribution is -2.30. The molecule has 7 heteroatoms. The van der Waals surface area contributed by atoms with Gasteiger partial charge in [0.2, 0.25) is 0 Å². The van der Waals surface area contributed by atoms with Crippen molar-refractivity contribution in [2.24, 2.45) is 0 Å². The maximum atomic E-state index is 12.8. The van der Waals surface area contributed by atoms with Gasteiger partial charge in [-0.25, -0.2) is 0 Å². The van der Waals surface area contributed by atoms with E-state index in [-0.39, 0.29) is 11.5 Å². The fourth-order valence-electron chi connectivity index (χ4n) is 2.39. The third-order valence-electron chi connectivity index (χ3n) is 3.75. The summed E-state index contributed by atoms with van der Waals surface area (Å²) in [6, 6.07) is 17.4. The van der Waals surface area contributed by atoms with Gasteiger partial charge in [0, 0.05) is 10.2 Å². The zero-order valence-electron chi connectivity index (χ0n) is 14.9. The average molecular weight is 441 g/mol. The molecule has 2 aromatic carbocycles. The van der Waals surface area contributed by atoms with Crippen LogP contribution in [0, 0.1) is 0 Å². The molecular weight excluding hydrogens is 424 g/mol. The molecule has 1 aromatic heterocycles. The van der Waals surface area contributed by atoms with Crippen LogP contribution in [-0.4, -0.2) is 18.9 Å². The first-order chi connectivity index (χ1) is 13.5. The minimum Gasteiger partial charge on any atom is -0.497 e. The molecule has 142 valence electrons. The van der Waals surface area contributed by atoms with Gasteiger partial charge in [-0.05, 0) is 60.2 Å². The third kappa shape index (κ3) is 5.11. The van der Waals surface area contributed by atoms with E-state index in [9.17, 15) is 9.59 Å². The molecule has 0 unspecified atom stereocenters. The van der Waals surface area contributed by atoms with E-state index >= 15 is 0 Å². The van der Waals surface area contributed by atoms with Crippen LogP contribution in [0.2, 0.25) is 0 Å². The van der Waals surface area contributed by atoms with E-state index in [1.54, 1.807) is 43.5 Å². The highest BCUT2D eigenvalue weighted by Gasteiger charge is 2.16. The van der Waals surface area contributed by atoms with Crippen molar-refractivity contribution in [1.29, 1.82) is 0 Å². The molecule has 0 saturated heterocycles. The van der Waals surface area contributed by atoms with E-state index in [1.165, 1.54) is 12.3 Å². The molecule has 2 N–H and O–H groups in total. The summed E-state index contributed by atoms with van der Waals surface area (Å²) >= 11 is 3.39. The second kappa shape index (κ2) is 9.05. The fraction of sp³-hybridized carbons (Fsp3) is 0.0476. The summed E-state index contributed by atoms with van der Waals surface area (Å²) in [5.41, 5.74) is 1.39. The molecule has 0 saturated carbocycles. The Kier molecular flexibility index (Phi) is 6.29. The maximum absolute atomic E-state index is 12.8. The number of benzene rings is 2. The van der Waals surface area contributed by atoms with E-state index in [1.807, 2.05) is 24.3 Å². The maximum Gasteiger partial charge on any atom is 0.291 e. The number of hydrogen-bond acceptors (Lipinski definition) is 4. The molecule has 0 fully saturated rings. The predicted octanol–water partition coefficient (Wildman–Crippen LogP) is 4.46. The number of rotatable bonds is 6. The van der Waals surface area contributed by atoms with Gasteiger partial charge < -0.3 is 19.8 Å². The number of carbonyl (C=O) groups is 2. The van der Waals surface area contributed by atoms with Crippen molar-refractivity contribution < 1.29 is 18.7 Å². The monoisotopic (exact) mass is 440 g/mol. The highest BCUT2D eigenvalue weighted by Crippen LogP contribution is 2.17. The van der Waals surface area contributed by atoms with Gasteiger partial charge in [0.1, 0.15) is 11.4 Å². The van der Waals surface area contributed by atoms with Crippen LogP contribution in [0.5, 0.6) is 5.75 Å². The molecule has 0 aliphatic carbocycles. The van der Waals surface area contributed by atoms with Crippen LogP contribution in [0.15, 0.2) is 81.5 Å². The first-order valence-corrected chi connectivity index (χ1v) is 9.12. The standard InChI is InChI=1S/C21H17BrN2O4/c1-27-17-9-7-16(8-10-17)23-20(25)18(13-14-4-2-5-15(22)12-14)24-21(26)19-6-3-11-28-19/h2-13H,1H3,(H,23,25)(H,24,26)/b18-13-. The molecule has 2 amide bonds. The topological polar surface area (TPSA) is 80.6 Å². The van der Waals surface area contributed by atoms with Crippen LogP contribution in [0.3, 0.4) is 0 Å². The summed E-state index contributed by atoms with van der Waals surface area (Å²) in [7, 11) is 1.57. The van der Waals surface area contributed by atoms with Crippen LogP contribution >= 0.6 is 15.9 Å². The van der Waals surface area contributed by atoms with Crippen molar-refractivity contribution in [1.82, 2.24) is 5.32 Å². The Morgan fingerprint density at radius 1 is 1.07 bits per heavy atom. The Hall–Kier alpha value is -3.32. The zero-order chi connectivity index (χ0) is 19.9. The van der Waals surface area contributed by atoms with E-state index in [4.69, 9.17) is 9.15 Å². The number of ether oxygens (including phenoxy) is 1. The smallest absolute Gasteiger partial charge is 0.291 e. The number of anilines is 1. The van der Waals surface area contributed by atoms with Gasteiger partial charge in [-0.3, -0.25) is 9.59 Å². The Balaban J connectivity index is 1.85. The molecule has 0 bridgehead atoms. The molecule has 0 aliphatic rings. The van der Waals surface area contributed by atoms with Crippen molar-refractivity contribution in [3.8, 4) is 5.75 Å². The van der Waals surface area contributed by atoms with E-state index in [0.29, 0.717) is 11.4 Å². The zero-order valence-corrected chi connectivity index (χ0v) is 16.5. The third-order valence-corrected chi connectivity index (χ3v) is 4.24. The number of nitrogens with one attached hydrogen (secondary N) is 2. The lowest BCUT2D eigenvalue weighted by atomic mass is 10.2. The molecule has 28 heavy (non-hydrogen) atoms. The number of carbonyl (C=O) groups excluding carboxylic acids is 2. The van der Waals surface area contributed by atoms with Crippen molar-refractivity contribution in [3.05, 3.63) is 88.4 Å². The second-order valence-corrected chi connectivity index (χ2v) is 6.64. The largest absolute Gasteiger partial charge is 0.497 e. The molecule has 0 aliphatic heterocycles. The first-order valence-electron chi connectivity index (χ1n) is 8.32. The van der Waals surface area contributed by atoms with Crippen molar-refractivity contribution >= 4 is 39.5 Å². The summed E-state index contributed by atoms with van der Waals surface area (Å²) in [5.74, 6) is -0.201. The van der Waals surface area contributed by atoms with Crippen molar-refractivity contribution in [2.75, 3.05) is 12.4 Å². The van der Waals surface area contributed by atoms with E-state index < -0.39 is 11.8 Å². The normalized spacial score (nSPS) is 11.0. The van der Waals surface area contributed by atoms with Gasteiger partial charge in [-0.1, -0.05) is 28.1 Å². The van der Waals surface area contributed by atoms with Crippen LogP contribution in [-0.2, 0) is 4.79 Å². The summed E-state index contributed by atoms with van der Waals surface area (Å²) in [6.45, 7) is 0. The molecule has 6 nitrogen and oxygen atoms in total. The summed E-state index contributed by atoms with van der Waals surface area (Å²) < 4.78 is 11.1. The number of hydrogen-bond donors (Lipinski definition) is 2. The lowest BCUT2D eigenvalue weighted by Gasteiger charge is -2.11. The Bertz CT molecular complexity index is 996. The molecular formula is C21H17BrN2O4. The molecule has 3 rings (SSSR count). The SMILES string of the molecule is COc1ccc(NC(=O)/C(=C/c2cccc(Br)c2)NC(=O)c2ccco2)cc1. The summed E-state index contributed by atoms with van der Waals surface area (Å²) in [4.78, 5) is 25.2. The quantitative estimate of drug-likeness (QED) is 0.554. The average Bonchev–Trinajstić information content (AvgIpc) is 3.23. The van der Waals surface area contributed by atoms with Gasteiger partial charge in [-0.15, -0.1) is 0 Å². The highest BCUT2D eigenvalue weighted by molar-refractivity contribution is 9.10. The number of furan rings is 1. The molecule has 0 radical (unpaired) electrons. The Morgan fingerprint density at radius 3 is 2.50 bits per heavy atom. The van der Waals surface area contributed by atoms with Crippen LogP contribution in [0.1, 0.15) is 16.1 Å². The van der Waals surface area contributed by atoms with Crippen molar-refractivity contribution in [2.45, 2.75) is 0 Å². The van der Waals surface area contributed by atoms with Crippen LogP contribution < -0.4 is 15.4 Å². The first kappa shape index (κ1) is 19.4. The minimum absolute atomic E-state index is 0.0790. The molecule has 3 aromatic rings. The fourth-order valence-corrected chi connectivity index (χ4v) is 2.80. The number of methoxy groups -OCH3 is 1. The van der Waals surface area contributed by atoms with Gasteiger partial charge >= 0.3 is 0 Å². The summed E-state index contributed by atoms with van der Waals surface area (Å²) in [5, 5.41) is 5.37. The Labute approximate surface area is 170 Å². The van der Waals surface area contributed by atoms with Gasteiger partial charge in [0.05, 0.1) is 13.4 Å². The van der Waals surface area contributed by atoms with Gasteiger partial charge in [-0.2, -0.15) is 0 Å². The Morgan fingerprint density at radius 2 is 1.86 bits per heavy atom. The molecule has 0 atom stereocenters. The predicted molar refractivity (Wildman–Crippen MR) is 110 cm³/mol. The van der Waals surface area contributed by atoms with E-state index in [2.05, 4.69) is 26.6 Å². The number of amides is 2. The minimum atomic E-state index is -0.517. The van der Waals surface area contributed by atoms with Gasteiger partial charge in [0.25, 0.3) is 11.8 Å². The van der Waals surface area contributed by atoms with Crippen molar-refractivity contribution in [3.63, 3.8) is 0 Å². The van der Waals surface area contributed by atoms with Crippen LogP contribution in [0.4, 0.5) is 5.69 Å². The summed E-state index contributed by atoms with van der Waals surface area (Å²) in [6.07, 6.45) is 2.98. The highest BCUT2D eigenvalue weighted by atomic mass is 79.9. The lowest BCUT2D eigenvalue weighted by molar-refractivity contribution is -0.113.